The second kappa shape index (κ2) is 3.02. The summed E-state index contributed by atoms with van der Waals surface area (Å²) in [5, 5.41) is 1.19. The summed E-state index contributed by atoms with van der Waals surface area (Å²) >= 11 is 0. The zero-order chi connectivity index (χ0) is 10.4. The number of nitrogen functional groups attached to an aromatic ring is 1. The van der Waals surface area contributed by atoms with Crippen molar-refractivity contribution in [3.63, 3.8) is 0 Å². The van der Waals surface area contributed by atoms with E-state index < -0.39 is 0 Å². The minimum absolute atomic E-state index is 0.877. The predicted molar refractivity (Wildman–Crippen MR) is 63.6 cm³/mol. The molecule has 78 valence electrons. The third-order valence-electron chi connectivity index (χ3n) is 3.55. The van der Waals surface area contributed by atoms with Crippen LogP contribution in [-0.2, 0) is 6.54 Å². The fourth-order valence-electron chi connectivity index (χ4n) is 2.31. The largest absolute Gasteiger partial charge is 0.398 e. The number of benzene rings is 1. The lowest BCUT2D eigenvalue weighted by Gasteiger charge is -2.04. The first-order chi connectivity index (χ1) is 7.25. The highest BCUT2D eigenvalue weighted by Crippen LogP contribution is 2.39. The molecule has 0 aliphatic heterocycles. The number of aromatic nitrogens is 1. The minimum atomic E-state index is 0.877. The first-order valence-corrected chi connectivity index (χ1v) is 5.59. The van der Waals surface area contributed by atoms with E-state index in [1.54, 1.807) is 0 Å². The van der Waals surface area contributed by atoms with Crippen LogP contribution in [0, 0.1) is 11.8 Å². The van der Waals surface area contributed by atoms with Crippen LogP contribution in [0.2, 0.25) is 0 Å². The maximum Gasteiger partial charge on any atom is 0.0501 e. The van der Waals surface area contributed by atoms with E-state index in [1.165, 1.54) is 17.3 Å². The van der Waals surface area contributed by atoms with Crippen LogP contribution in [0.1, 0.15) is 13.3 Å². The molecule has 3 rings (SSSR count). The zero-order valence-electron chi connectivity index (χ0n) is 8.98. The molecule has 0 saturated heterocycles. The van der Waals surface area contributed by atoms with Gasteiger partial charge in [0.25, 0.3) is 0 Å². The van der Waals surface area contributed by atoms with Crippen LogP contribution < -0.4 is 5.73 Å². The standard InChI is InChI=1S/C13H16N2/c1-9-7-10(9)8-15-6-5-11-12(14)3-2-4-13(11)15/h2-6,9-10H,7-8,14H2,1H3. The number of anilines is 1. The molecule has 2 aromatic rings. The molecule has 1 aliphatic carbocycles. The monoisotopic (exact) mass is 200 g/mol. The highest BCUT2D eigenvalue weighted by atomic mass is 15.0. The van der Waals surface area contributed by atoms with Crippen LogP contribution in [0.3, 0.4) is 0 Å². The summed E-state index contributed by atoms with van der Waals surface area (Å²) < 4.78 is 2.33. The van der Waals surface area contributed by atoms with Gasteiger partial charge in [-0.25, -0.2) is 0 Å². The second-order valence-corrected chi connectivity index (χ2v) is 4.72. The summed E-state index contributed by atoms with van der Waals surface area (Å²) in [7, 11) is 0. The van der Waals surface area contributed by atoms with E-state index in [9.17, 15) is 0 Å². The molecule has 2 nitrogen and oxygen atoms in total. The van der Waals surface area contributed by atoms with Crippen LogP contribution in [0.4, 0.5) is 5.69 Å². The van der Waals surface area contributed by atoms with E-state index in [4.69, 9.17) is 5.73 Å². The number of rotatable bonds is 2. The van der Waals surface area contributed by atoms with E-state index in [0.717, 1.165) is 24.1 Å². The lowest BCUT2D eigenvalue weighted by Crippen LogP contribution is -1.98. The quantitative estimate of drug-likeness (QED) is 0.742. The van der Waals surface area contributed by atoms with Crippen molar-refractivity contribution in [2.45, 2.75) is 19.9 Å². The Morgan fingerprint density at radius 1 is 1.40 bits per heavy atom. The maximum atomic E-state index is 5.93. The Balaban J connectivity index is 2.01. The van der Waals surface area contributed by atoms with E-state index in [-0.39, 0.29) is 0 Å². The van der Waals surface area contributed by atoms with Crippen molar-refractivity contribution in [2.24, 2.45) is 11.8 Å². The van der Waals surface area contributed by atoms with Crippen molar-refractivity contribution in [3.05, 3.63) is 30.5 Å². The fourth-order valence-corrected chi connectivity index (χ4v) is 2.31. The van der Waals surface area contributed by atoms with Gasteiger partial charge < -0.3 is 10.3 Å². The summed E-state index contributed by atoms with van der Waals surface area (Å²) in [6.07, 6.45) is 3.54. The summed E-state index contributed by atoms with van der Waals surface area (Å²) in [5.41, 5.74) is 8.09. The molecule has 15 heavy (non-hydrogen) atoms. The summed E-state index contributed by atoms with van der Waals surface area (Å²) in [4.78, 5) is 0. The third kappa shape index (κ3) is 1.41. The normalized spacial score (nSPS) is 24.6. The smallest absolute Gasteiger partial charge is 0.0501 e. The van der Waals surface area contributed by atoms with Gasteiger partial charge in [0, 0.05) is 23.8 Å². The highest BCUT2D eigenvalue weighted by Gasteiger charge is 2.32. The molecule has 0 bridgehead atoms. The van der Waals surface area contributed by atoms with Gasteiger partial charge in [-0.3, -0.25) is 0 Å². The molecule has 1 fully saturated rings. The van der Waals surface area contributed by atoms with Crippen LogP contribution in [-0.4, -0.2) is 4.57 Å². The van der Waals surface area contributed by atoms with Crippen LogP contribution in [0.15, 0.2) is 30.5 Å². The molecule has 2 N–H and O–H groups in total. The number of fused-ring (bicyclic) bond motifs is 1. The highest BCUT2D eigenvalue weighted by molar-refractivity contribution is 5.91. The number of hydrogen-bond acceptors (Lipinski definition) is 1. The average molecular weight is 200 g/mol. The lowest BCUT2D eigenvalue weighted by molar-refractivity contribution is 0.610. The molecule has 0 radical (unpaired) electrons. The molecular formula is C13H16N2. The van der Waals surface area contributed by atoms with Crippen molar-refractivity contribution >= 4 is 16.6 Å². The van der Waals surface area contributed by atoms with Gasteiger partial charge in [-0.15, -0.1) is 0 Å². The Hall–Kier alpha value is -1.44. The Labute approximate surface area is 89.7 Å². The van der Waals surface area contributed by atoms with E-state index in [2.05, 4.69) is 29.8 Å². The van der Waals surface area contributed by atoms with Crippen molar-refractivity contribution in [3.8, 4) is 0 Å². The molecule has 2 heteroatoms. The van der Waals surface area contributed by atoms with Crippen LogP contribution in [0.5, 0.6) is 0 Å². The second-order valence-electron chi connectivity index (χ2n) is 4.72. The Kier molecular flexibility index (Phi) is 1.78. The van der Waals surface area contributed by atoms with E-state index >= 15 is 0 Å². The van der Waals surface area contributed by atoms with Crippen molar-refractivity contribution in [2.75, 3.05) is 5.73 Å². The summed E-state index contributed by atoms with van der Waals surface area (Å²) in [6.45, 7) is 3.47. The Bertz CT molecular complexity index is 498. The first kappa shape index (κ1) is 8.84. The maximum absolute atomic E-state index is 5.93. The van der Waals surface area contributed by atoms with Gasteiger partial charge >= 0.3 is 0 Å². The lowest BCUT2D eigenvalue weighted by atomic mass is 10.2. The SMILES string of the molecule is CC1CC1Cn1ccc2c(N)cccc21. The van der Waals surface area contributed by atoms with Gasteiger partial charge in [-0.1, -0.05) is 13.0 Å². The van der Waals surface area contributed by atoms with Gasteiger partial charge in [0.05, 0.1) is 5.52 Å². The molecule has 2 unspecified atom stereocenters. The summed E-state index contributed by atoms with van der Waals surface area (Å²) in [5.74, 6) is 1.78. The van der Waals surface area contributed by atoms with Gasteiger partial charge in [0.2, 0.25) is 0 Å². The van der Waals surface area contributed by atoms with Crippen LogP contribution in [0.25, 0.3) is 10.9 Å². The Morgan fingerprint density at radius 3 is 2.93 bits per heavy atom. The molecule has 1 aliphatic rings. The number of nitrogens with two attached hydrogens (primary N) is 1. The van der Waals surface area contributed by atoms with Crippen molar-refractivity contribution in [1.82, 2.24) is 4.57 Å². The molecular weight excluding hydrogens is 184 g/mol. The number of nitrogens with zero attached hydrogens (tertiary/aromatic N) is 1. The molecule has 1 aromatic carbocycles. The topological polar surface area (TPSA) is 30.9 Å². The van der Waals surface area contributed by atoms with Gasteiger partial charge in [-0.2, -0.15) is 0 Å². The van der Waals surface area contributed by atoms with Gasteiger partial charge in [0.15, 0.2) is 0 Å². The molecule has 2 atom stereocenters. The van der Waals surface area contributed by atoms with Gasteiger partial charge in [0.1, 0.15) is 0 Å². The van der Waals surface area contributed by atoms with Crippen LogP contribution >= 0.6 is 0 Å². The van der Waals surface area contributed by atoms with E-state index in [1.807, 2.05) is 12.1 Å². The van der Waals surface area contributed by atoms with Gasteiger partial charge in [-0.05, 0) is 36.5 Å². The molecule has 0 spiro atoms. The predicted octanol–water partition coefficient (Wildman–Crippen LogP) is 2.88. The Morgan fingerprint density at radius 2 is 2.20 bits per heavy atom. The van der Waals surface area contributed by atoms with Crippen molar-refractivity contribution < 1.29 is 0 Å². The first-order valence-electron chi connectivity index (χ1n) is 5.59. The van der Waals surface area contributed by atoms with Crippen molar-refractivity contribution in [1.29, 1.82) is 0 Å². The third-order valence-corrected chi connectivity index (χ3v) is 3.55. The fraction of sp³-hybridized carbons (Fsp3) is 0.385. The molecule has 1 aromatic heterocycles. The van der Waals surface area contributed by atoms with E-state index in [0.29, 0.717) is 0 Å². The molecule has 1 heterocycles. The number of hydrogen-bond donors (Lipinski definition) is 1. The average Bonchev–Trinajstić information content (AvgIpc) is 2.75. The molecule has 1 saturated carbocycles. The minimum Gasteiger partial charge on any atom is -0.398 e. The summed E-state index contributed by atoms with van der Waals surface area (Å²) in [6, 6.07) is 8.27. The zero-order valence-corrected chi connectivity index (χ0v) is 8.98. The molecule has 0 amide bonds.